The fourth-order valence-corrected chi connectivity index (χ4v) is 4.33. The molecule has 1 N–H and O–H groups in total. The van der Waals surface area contributed by atoms with E-state index in [9.17, 15) is 13.2 Å². The normalized spacial score (nSPS) is 11.2. The Kier molecular flexibility index (Phi) is 7.45. The summed E-state index contributed by atoms with van der Waals surface area (Å²) in [7, 11) is -1.18. The summed E-state index contributed by atoms with van der Waals surface area (Å²) in [5.74, 6) is 0.214. The van der Waals surface area contributed by atoms with Gasteiger partial charge < -0.3 is 9.47 Å². The number of carbonyl (C=O) groups is 1. The van der Waals surface area contributed by atoms with E-state index < -0.39 is 22.5 Å². The molecule has 3 aromatic rings. The van der Waals surface area contributed by atoms with Crippen LogP contribution in [-0.4, -0.2) is 41.3 Å². The SMILES string of the molecule is COc1ccc(S(=O)(=O)N(CC(=O)N/N=C\c2ccccc2)c2ccccc2OC)cc1. The fraction of sp³-hybridized carbons (Fsp3) is 0.130. The third kappa shape index (κ3) is 5.44. The van der Waals surface area contributed by atoms with Gasteiger partial charge in [0.1, 0.15) is 18.0 Å². The van der Waals surface area contributed by atoms with E-state index in [4.69, 9.17) is 9.47 Å². The number of para-hydroxylation sites is 2. The van der Waals surface area contributed by atoms with Crippen LogP contribution in [0.1, 0.15) is 5.56 Å². The van der Waals surface area contributed by atoms with Gasteiger partial charge in [-0.05, 0) is 42.0 Å². The van der Waals surface area contributed by atoms with Crippen LogP contribution in [0, 0.1) is 0 Å². The quantitative estimate of drug-likeness (QED) is 0.397. The number of hydrogen-bond donors (Lipinski definition) is 1. The zero-order chi connectivity index (χ0) is 23.0. The number of hydrogen-bond acceptors (Lipinski definition) is 6. The van der Waals surface area contributed by atoms with Crippen LogP contribution in [0.25, 0.3) is 0 Å². The van der Waals surface area contributed by atoms with Crippen molar-refractivity contribution in [2.45, 2.75) is 4.90 Å². The first kappa shape index (κ1) is 22.8. The summed E-state index contributed by atoms with van der Waals surface area (Å²) in [6.45, 7) is -0.499. The van der Waals surface area contributed by atoms with Crippen molar-refractivity contribution < 1.29 is 22.7 Å². The minimum atomic E-state index is -4.10. The Morgan fingerprint density at radius 3 is 2.25 bits per heavy atom. The predicted molar refractivity (Wildman–Crippen MR) is 123 cm³/mol. The number of nitrogens with zero attached hydrogens (tertiary/aromatic N) is 2. The highest BCUT2D eigenvalue weighted by Gasteiger charge is 2.29. The Hall–Kier alpha value is -3.85. The van der Waals surface area contributed by atoms with Crippen LogP contribution in [0.3, 0.4) is 0 Å². The Labute approximate surface area is 187 Å². The average molecular weight is 454 g/mol. The van der Waals surface area contributed by atoms with Crippen molar-refractivity contribution >= 4 is 27.8 Å². The molecule has 0 aliphatic carbocycles. The van der Waals surface area contributed by atoms with E-state index in [1.165, 1.54) is 44.7 Å². The third-order valence-corrected chi connectivity index (χ3v) is 6.26. The van der Waals surface area contributed by atoms with Gasteiger partial charge in [0.25, 0.3) is 15.9 Å². The molecule has 8 nitrogen and oxygen atoms in total. The number of benzene rings is 3. The molecule has 0 aliphatic heterocycles. The molecule has 0 saturated carbocycles. The van der Waals surface area contributed by atoms with Crippen LogP contribution in [0.4, 0.5) is 5.69 Å². The van der Waals surface area contributed by atoms with Crippen LogP contribution in [0.5, 0.6) is 11.5 Å². The molecule has 0 spiro atoms. The molecule has 3 rings (SSSR count). The molecule has 0 fully saturated rings. The Bertz CT molecular complexity index is 1180. The second kappa shape index (κ2) is 10.5. The first-order valence-corrected chi connectivity index (χ1v) is 11.1. The van der Waals surface area contributed by atoms with Gasteiger partial charge in [-0.15, -0.1) is 0 Å². The number of carbonyl (C=O) groups excluding carboxylic acids is 1. The van der Waals surface area contributed by atoms with Crippen LogP contribution in [0.2, 0.25) is 0 Å². The summed E-state index contributed by atoms with van der Waals surface area (Å²) in [5, 5.41) is 3.91. The van der Waals surface area contributed by atoms with Crippen LogP contribution in [0.15, 0.2) is 88.9 Å². The maximum atomic E-state index is 13.4. The standard InChI is InChI=1S/C23H23N3O5S/c1-30-19-12-14-20(15-13-19)32(28,29)26(21-10-6-7-11-22(21)31-2)17-23(27)25-24-16-18-8-4-3-5-9-18/h3-16H,17H2,1-2H3,(H,25,27)/b24-16-. The van der Waals surface area contributed by atoms with E-state index in [0.29, 0.717) is 11.5 Å². The van der Waals surface area contributed by atoms with Gasteiger partial charge in [-0.1, -0.05) is 42.5 Å². The van der Waals surface area contributed by atoms with E-state index in [2.05, 4.69) is 10.5 Å². The highest BCUT2D eigenvalue weighted by Crippen LogP contribution is 2.32. The van der Waals surface area contributed by atoms with Gasteiger partial charge in [0, 0.05) is 0 Å². The number of ether oxygens (including phenoxy) is 2. The second-order valence-electron chi connectivity index (χ2n) is 6.56. The molecule has 0 saturated heterocycles. The fourth-order valence-electron chi connectivity index (χ4n) is 2.89. The predicted octanol–water partition coefficient (Wildman–Crippen LogP) is 3.05. The van der Waals surface area contributed by atoms with Gasteiger partial charge in [-0.2, -0.15) is 5.10 Å². The summed E-state index contributed by atoms with van der Waals surface area (Å²) in [6.07, 6.45) is 1.48. The molecule has 166 valence electrons. The van der Waals surface area contributed by atoms with E-state index in [1.807, 2.05) is 30.3 Å². The average Bonchev–Trinajstić information content (AvgIpc) is 2.83. The zero-order valence-electron chi connectivity index (χ0n) is 17.6. The highest BCUT2D eigenvalue weighted by molar-refractivity contribution is 7.92. The minimum Gasteiger partial charge on any atom is -0.497 e. The number of hydrazone groups is 1. The molecular weight excluding hydrogens is 430 g/mol. The summed E-state index contributed by atoms with van der Waals surface area (Å²) in [5.41, 5.74) is 3.40. The van der Waals surface area contributed by atoms with Crippen molar-refractivity contribution in [2.24, 2.45) is 5.10 Å². The van der Waals surface area contributed by atoms with E-state index >= 15 is 0 Å². The van der Waals surface area contributed by atoms with Gasteiger partial charge in [0.05, 0.1) is 31.0 Å². The van der Waals surface area contributed by atoms with Gasteiger partial charge >= 0.3 is 0 Å². The van der Waals surface area contributed by atoms with Gasteiger partial charge in [-0.25, -0.2) is 13.8 Å². The zero-order valence-corrected chi connectivity index (χ0v) is 18.5. The second-order valence-corrected chi connectivity index (χ2v) is 8.43. The van der Waals surface area contributed by atoms with Gasteiger partial charge in [0.2, 0.25) is 0 Å². The first-order valence-electron chi connectivity index (χ1n) is 9.62. The molecule has 1 amide bonds. The van der Waals surface area contributed by atoms with Crippen molar-refractivity contribution in [1.82, 2.24) is 5.43 Å². The monoisotopic (exact) mass is 453 g/mol. The van der Waals surface area contributed by atoms with E-state index in [1.54, 1.807) is 24.3 Å². The van der Waals surface area contributed by atoms with Crippen LogP contribution >= 0.6 is 0 Å². The summed E-state index contributed by atoms with van der Waals surface area (Å²) in [4.78, 5) is 12.6. The Morgan fingerprint density at radius 2 is 1.59 bits per heavy atom. The molecule has 0 radical (unpaired) electrons. The molecule has 0 bridgehead atoms. The van der Waals surface area contributed by atoms with E-state index in [-0.39, 0.29) is 10.6 Å². The number of nitrogens with one attached hydrogen (secondary N) is 1. The van der Waals surface area contributed by atoms with Gasteiger partial charge in [0.15, 0.2) is 0 Å². The lowest BCUT2D eigenvalue weighted by Gasteiger charge is -2.25. The maximum Gasteiger partial charge on any atom is 0.264 e. The summed E-state index contributed by atoms with van der Waals surface area (Å²) in [6, 6.07) is 21.7. The first-order chi connectivity index (χ1) is 15.5. The van der Waals surface area contributed by atoms with Crippen molar-refractivity contribution in [3.63, 3.8) is 0 Å². The van der Waals surface area contributed by atoms with Crippen molar-refractivity contribution in [3.8, 4) is 11.5 Å². The van der Waals surface area contributed by atoms with Crippen molar-refractivity contribution in [1.29, 1.82) is 0 Å². The highest BCUT2D eigenvalue weighted by atomic mass is 32.2. The lowest BCUT2D eigenvalue weighted by molar-refractivity contribution is -0.119. The van der Waals surface area contributed by atoms with Gasteiger partial charge in [-0.3, -0.25) is 9.10 Å². The smallest absolute Gasteiger partial charge is 0.264 e. The number of rotatable bonds is 9. The number of sulfonamides is 1. The van der Waals surface area contributed by atoms with Crippen LogP contribution < -0.4 is 19.2 Å². The largest absolute Gasteiger partial charge is 0.497 e. The lowest BCUT2D eigenvalue weighted by Crippen LogP contribution is -2.39. The summed E-state index contributed by atoms with van der Waals surface area (Å²) < 4.78 is 38.3. The molecule has 0 unspecified atom stereocenters. The minimum absolute atomic E-state index is 0.00444. The molecule has 3 aromatic carbocycles. The Balaban J connectivity index is 1.90. The molecule has 0 aliphatic rings. The molecular formula is C23H23N3O5S. The third-order valence-electron chi connectivity index (χ3n) is 4.49. The van der Waals surface area contributed by atoms with Crippen molar-refractivity contribution in [3.05, 3.63) is 84.4 Å². The number of anilines is 1. The lowest BCUT2D eigenvalue weighted by atomic mass is 10.2. The molecule has 32 heavy (non-hydrogen) atoms. The number of methoxy groups -OCH3 is 2. The van der Waals surface area contributed by atoms with Crippen LogP contribution in [-0.2, 0) is 14.8 Å². The topological polar surface area (TPSA) is 97.3 Å². The Morgan fingerprint density at radius 1 is 0.938 bits per heavy atom. The molecule has 9 heteroatoms. The molecule has 0 aromatic heterocycles. The molecule has 0 heterocycles. The number of amides is 1. The van der Waals surface area contributed by atoms with E-state index in [0.717, 1.165) is 9.87 Å². The summed E-state index contributed by atoms with van der Waals surface area (Å²) >= 11 is 0. The van der Waals surface area contributed by atoms with Crippen molar-refractivity contribution in [2.75, 3.05) is 25.1 Å². The maximum absolute atomic E-state index is 13.4. The molecule has 0 atom stereocenters.